The Kier molecular flexibility index (Phi) is 7.14. The minimum atomic E-state index is -1.89. The number of carbonyl (C=O) groups is 1. The summed E-state index contributed by atoms with van der Waals surface area (Å²) in [6.07, 6.45) is 1.82. The SMILES string of the molecule is O=Cc1ccc(C[P+](c2ccccc2)(c2ccccc2)c2ccccc2)cc1.[Br-]. The van der Waals surface area contributed by atoms with Crippen LogP contribution in [0.3, 0.4) is 0 Å². The fraction of sp³-hybridized carbons (Fsp3) is 0.0385. The monoisotopic (exact) mass is 460 g/mol. The fourth-order valence-electron chi connectivity index (χ4n) is 3.74. The van der Waals surface area contributed by atoms with Crippen LogP contribution in [0.4, 0.5) is 0 Å². The number of benzene rings is 4. The highest BCUT2D eigenvalue weighted by atomic mass is 79.9. The summed E-state index contributed by atoms with van der Waals surface area (Å²) in [5.74, 6) is 0. The van der Waals surface area contributed by atoms with Crippen LogP contribution >= 0.6 is 7.26 Å². The molecule has 0 bridgehead atoms. The molecule has 0 saturated heterocycles. The van der Waals surface area contributed by atoms with Crippen LogP contribution in [-0.4, -0.2) is 6.29 Å². The van der Waals surface area contributed by atoms with Gasteiger partial charge in [0.1, 0.15) is 29.5 Å². The van der Waals surface area contributed by atoms with Gasteiger partial charge in [-0.2, -0.15) is 0 Å². The Labute approximate surface area is 183 Å². The molecular formula is C26H22BrOP. The highest BCUT2D eigenvalue weighted by Crippen LogP contribution is 2.58. The summed E-state index contributed by atoms with van der Waals surface area (Å²) >= 11 is 0. The minimum Gasteiger partial charge on any atom is -1.00 e. The molecule has 4 aromatic carbocycles. The van der Waals surface area contributed by atoms with Crippen molar-refractivity contribution in [3.63, 3.8) is 0 Å². The van der Waals surface area contributed by atoms with Crippen molar-refractivity contribution in [2.75, 3.05) is 0 Å². The molecular weight excluding hydrogens is 439 g/mol. The molecule has 29 heavy (non-hydrogen) atoms. The maximum absolute atomic E-state index is 11.1. The molecule has 1 nitrogen and oxygen atoms in total. The molecule has 0 aliphatic heterocycles. The molecule has 144 valence electrons. The van der Waals surface area contributed by atoms with Gasteiger partial charge in [0.2, 0.25) is 0 Å². The van der Waals surface area contributed by atoms with Crippen LogP contribution in [0.15, 0.2) is 115 Å². The Morgan fingerprint density at radius 1 is 0.552 bits per heavy atom. The van der Waals surface area contributed by atoms with Crippen molar-refractivity contribution < 1.29 is 21.8 Å². The van der Waals surface area contributed by atoms with Gasteiger partial charge in [-0.1, -0.05) is 78.9 Å². The number of hydrogen-bond acceptors (Lipinski definition) is 1. The molecule has 0 fully saturated rings. The molecule has 0 unspecified atom stereocenters. The first-order valence-electron chi connectivity index (χ1n) is 9.42. The van der Waals surface area contributed by atoms with E-state index in [1.165, 1.54) is 21.5 Å². The van der Waals surface area contributed by atoms with Gasteiger partial charge in [-0.15, -0.1) is 0 Å². The molecule has 0 amide bonds. The highest BCUT2D eigenvalue weighted by molar-refractivity contribution is 7.95. The van der Waals surface area contributed by atoms with Gasteiger partial charge in [0.05, 0.1) is 6.16 Å². The number of carbonyl (C=O) groups excluding carboxylic acids is 1. The summed E-state index contributed by atoms with van der Waals surface area (Å²) in [4.78, 5) is 11.1. The summed E-state index contributed by atoms with van der Waals surface area (Å²) in [5, 5.41) is 4.10. The molecule has 0 aromatic heterocycles. The van der Waals surface area contributed by atoms with Gasteiger partial charge in [0.25, 0.3) is 0 Å². The second-order valence-electron chi connectivity index (χ2n) is 6.83. The third kappa shape index (κ3) is 4.40. The summed E-state index contributed by atoms with van der Waals surface area (Å²) in [7, 11) is -1.89. The van der Waals surface area contributed by atoms with Crippen molar-refractivity contribution in [3.8, 4) is 0 Å². The molecule has 3 heteroatoms. The van der Waals surface area contributed by atoms with Crippen LogP contribution in [0.2, 0.25) is 0 Å². The zero-order valence-electron chi connectivity index (χ0n) is 16.0. The van der Waals surface area contributed by atoms with E-state index in [2.05, 4.69) is 103 Å². The summed E-state index contributed by atoms with van der Waals surface area (Å²) < 4.78 is 0. The predicted molar refractivity (Wildman–Crippen MR) is 121 cm³/mol. The van der Waals surface area contributed by atoms with Crippen molar-refractivity contribution >= 4 is 29.5 Å². The molecule has 0 heterocycles. The lowest BCUT2D eigenvalue weighted by atomic mass is 10.2. The zero-order valence-corrected chi connectivity index (χ0v) is 18.5. The van der Waals surface area contributed by atoms with Gasteiger partial charge in [0.15, 0.2) is 0 Å². The Morgan fingerprint density at radius 3 is 1.28 bits per heavy atom. The number of rotatable bonds is 6. The standard InChI is InChI=1S/C26H22OP.BrH/c27-20-22-16-18-23(19-17-22)21-28(24-10-4-1-5-11-24,25-12-6-2-7-13-25)26-14-8-3-9-15-26;/h1-20H,21H2;1H/q+1;/p-1. The van der Waals surface area contributed by atoms with E-state index < -0.39 is 7.26 Å². The third-order valence-corrected chi connectivity index (χ3v) is 9.51. The van der Waals surface area contributed by atoms with E-state index in [-0.39, 0.29) is 17.0 Å². The van der Waals surface area contributed by atoms with Crippen LogP contribution in [0.1, 0.15) is 15.9 Å². The fourth-order valence-corrected chi connectivity index (χ4v) is 7.99. The van der Waals surface area contributed by atoms with E-state index in [0.29, 0.717) is 5.56 Å². The maximum Gasteiger partial charge on any atom is 0.150 e. The van der Waals surface area contributed by atoms with Gasteiger partial charge in [0, 0.05) is 5.56 Å². The van der Waals surface area contributed by atoms with Crippen LogP contribution < -0.4 is 32.9 Å². The zero-order chi connectivity index (χ0) is 19.2. The normalized spacial score (nSPS) is 10.8. The van der Waals surface area contributed by atoms with Crippen molar-refractivity contribution in [2.45, 2.75) is 6.16 Å². The summed E-state index contributed by atoms with van der Waals surface area (Å²) in [6, 6.07) is 40.6. The van der Waals surface area contributed by atoms with E-state index in [9.17, 15) is 4.79 Å². The van der Waals surface area contributed by atoms with Crippen LogP contribution in [0.5, 0.6) is 0 Å². The molecule has 0 aliphatic rings. The minimum absolute atomic E-state index is 0. The lowest BCUT2D eigenvalue weighted by molar-refractivity contribution is -0.0000118. The van der Waals surface area contributed by atoms with Crippen molar-refractivity contribution in [1.29, 1.82) is 0 Å². The molecule has 4 rings (SSSR count). The Hall–Kier alpha value is -2.54. The van der Waals surface area contributed by atoms with Crippen LogP contribution in [0.25, 0.3) is 0 Å². The van der Waals surface area contributed by atoms with Crippen molar-refractivity contribution in [2.24, 2.45) is 0 Å². The predicted octanol–water partition coefficient (Wildman–Crippen LogP) is 2.00. The summed E-state index contributed by atoms with van der Waals surface area (Å²) in [5.41, 5.74) is 1.96. The summed E-state index contributed by atoms with van der Waals surface area (Å²) in [6.45, 7) is 0. The van der Waals surface area contributed by atoms with Crippen molar-refractivity contribution in [1.82, 2.24) is 0 Å². The van der Waals surface area contributed by atoms with Gasteiger partial charge in [-0.3, -0.25) is 4.79 Å². The van der Waals surface area contributed by atoms with Gasteiger partial charge < -0.3 is 17.0 Å². The largest absolute Gasteiger partial charge is 1.00 e. The van der Waals surface area contributed by atoms with E-state index in [1.54, 1.807) is 0 Å². The Balaban J connectivity index is 0.00000240. The first-order valence-corrected chi connectivity index (χ1v) is 11.4. The van der Waals surface area contributed by atoms with Gasteiger partial charge in [-0.05, 0) is 42.0 Å². The molecule has 0 aliphatic carbocycles. The second kappa shape index (κ2) is 9.78. The average molecular weight is 461 g/mol. The van der Waals surface area contributed by atoms with E-state index in [4.69, 9.17) is 0 Å². The van der Waals surface area contributed by atoms with E-state index in [0.717, 1.165) is 12.4 Å². The lowest BCUT2D eigenvalue weighted by Crippen LogP contribution is -3.00. The topological polar surface area (TPSA) is 17.1 Å². The average Bonchev–Trinajstić information content (AvgIpc) is 2.80. The van der Waals surface area contributed by atoms with Gasteiger partial charge >= 0.3 is 0 Å². The quantitative estimate of drug-likeness (QED) is 0.317. The highest BCUT2D eigenvalue weighted by Gasteiger charge is 2.45. The Bertz CT molecular complexity index is 936. The maximum atomic E-state index is 11.1. The molecule has 0 radical (unpaired) electrons. The number of aldehydes is 1. The second-order valence-corrected chi connectivity index (χ2v) is 10.3. The molecule has 0 spiro atoms. The molecule has 0 N–H and O–H groups in total. The smallest absolute Gasteiger partial charge is 0.150 e. The first kappa shape index (κ1) is 21.2. The molecule has 4 aromatic rings. The van der Waals surface area contributed by atoms with Crippen molar-refractivity contribution in [3.05, 3.63) is 126 Å². The van der Waals surface area contributed by atoms with Crippen LogP contribution in [-0.2, 0) is 6.16 Å². The number of halogens is 1. The van der Waals surface area contributed by atoms with Gasteiger partial charge in [-0.25, -0.2) is 0 Å². The lowest BCUT2D eigenvalue weighted by Gasteiger charge is -2.27. The van der Waals surface area contributed by atoms with E-state index in [1.807, 2.05) is 12.1 Å². The molecule has 0 saturated carbocycles. The number of hydrogen-bond donors (Lipinski definition) is 0. The Morgan fingerprint density at radius 2 is 0.931 bits per heavy atom. The third-order valence-electron chi connectivity index (χ3n) is 5.13. The van der Waals surface area contributed by atoms with E-state index >= 15 is 0 Å². The van der Waals surface area contributed by atoms with Crippen LogP contribution in [0, 0.1) is 0 Å². The first-order chi connectivity index (χ1) is 13.8. The molecule has 0 atom stereocenters.